The van der Waals surface area contributed by atoms with E-state index in [1.165, 1.54) is 35.6 Å². The van der Waals surface area contributed by atoms with Crippen molar-refractivity contribution in [1.29, 1.82) is 0 Å². The van der Waals surface area contributed by atoms with E-state index < -0.39 is 11.0 Å². The number of carbonyl (C=O) groups is 1. The summed E-state index contributed by atoms with van der Waals surface area (Å²) in [6.07, 6.45) is 3.05. The summed E-state index contributed by atoms with van der Waals surface area (Å²) in [5.74, 6) is 1.22. The van der Waals surface area contributed by atoms with E-state index in [-0.39, 0.29) is 18.8 Å². The van der Waals surface area contributed by atoms with Crippen molar-refractivity contribution >= 4 is 17.4 Å². The molecule has 0 aliphatic carbocycles. The second-order valence-corrected chi connectivity index (χ2v) is 5.25. The Kier molecular flexibility index (Phi) is 4.79. The Balaban J connectivity index is 1.76. The first-order valence-electron chi connectivity index (χ1n) is 7.47. The first kappa shape index (κ1) is 16.3. The lowest BCUT2D eigenvalue weighted by Gasteiger charge is -2.21. The lowest BCUT2D eigenvalue weighted by Crippen LogP contribution is -2.33. The zero-order valence-corrected chi connectivity index (χ0v) is 13.1. The van der Waals surface area contributed by atoms with E-state index in [1.54, 1.807) is 30.3 Å². The number of amides is 2. The average Bonchev–Trinajstić information content (AvgIpc) is 3.28. The minimum Gasteiger partial charge on any atom is -0.467 e. The number of non-ortho nitro benzene ring substituents is 1. The molecule has 0 unspecified atom stereocenters. The third-order valence-electron chi connectivity index (χ3n) is 3.45. The number of benzene rings is 1. The van der Waals surface area contributed by atoms with Gasteiger partial charge in [-0.3, -0.25) is 10.1 Å². The van der Waals surface area contributed by atoms with Crippen LogP contribution in [0.4, 0.5) is 16.2 Å². The minimum atomic E-state index is -0.515. The van der Waals surface area contributed by atoms with E-state index in [2.05, 4.69) is 5.32 Å². The van der Waals surface area contributed by atoms with E-state index in [0.29, 0.717) is 17.2 Å². The van der Waals surface area contributed by atoms with Crippen molar-refractivity contribution in [3.63, 3.8) is 0 Å². The van der Waals surface area contributed by atoms with E-state index in [9.17, 15) is 14.9 Å². The lowest BCUT2D eigenvalue weighted by molar-refractivity contribution is -0.384. The van der Waals surface area contributed by atoms with Crippen LogP contribution in [-0.2, 0) is 13.1 Å². The molecule has 0 aliphatic heterocycles. The van der Waals surface area contributed by atoms with Crippen LogP contribution in [0.2, 0.25) is 0 Å². The SMILES string of the molecule is O=C(Nc1cccc([N+](=O)[O-])c1)N(Cc1ccco1)Cc1ccco1. The van der Waals surface area contributed by atoms with Gasteiger partial charge < -0.3 is 19.1 Å². The van der Waals surface area contributed by atoms with Crippen LogP contribution < -0.4 is 5.32 Å². The molecule has 0 aliphatic rings. The van der Waals surface area contributed by atoms with Crippen LogP contribution in [0.3, 0.4) is 0 Å². The molecular weight excluding hydrogens is 326 g/mol. The second kappa shape index (κ2) is 7.35. The van der Waals surface area contributed by atoms with Gasteiger partial charge in [0.25, 0.3) is 5.69 Å². The third kappa shape index (κ3) is 4.25. The van der Waals surface area contributed by atoms with Crippen molar-refractivity contribution in [1.82, 2.24) is 4.90 Å². The summed E-state index contributed by atoms with van der Waals surface area (Å²) in [5.41, 5.74) is 0.240. The molecule has 128 valence electrons. The Morgan fingerprint density at radius 3 is 2.20 bits per heavy atom. The largest absolute Gasteiger partial charge is 0.467 e. The summed E-state index contributed by atoms with van der Waals surface area (Å²) in [7, 11) is 0. The lowest BCUT2D eigenvalue weighted by atomic mass is 10.3. The first-order valence-corrected chi connectivity index (χ1v) is 7.47. The fourth-order valence-corrected chi connectivity index (χ4v) is 2.28. The molecule has 2 amide bonds. The van der Waals surface area contributed by atoms with Crippen molar-refractivity contribution in [3.05, 3.63) is 82.7 Å². The second-order valence-electron chi connectivity index (χ2n) is 5.25. The highest BCUT2D eigenvalue weighted by molar-refractivity contribution is 5.89. The quantitative estimate of drug-likeness (QED) is 0.539. The van der Waals surface area contributed by atoms with Crippen molar-refractivity contribution in [2.45, 2.75) is 13.1 Å². The molecule has 3 rings (SSSR count). The molecule has 0 spiro atoms. The average molecular weight is 341 g/mol. The molecule has 1 aromatic carbocycles. The van der Waals surface area contributed by atoms with Gasteiger partial charge in [0.05, 0.1) is 30.5 Å². The number of nitrogens with zero attached hydrogens (tertiary/aromatic N) is 2. The zero-order chi connectivity index (χ0) is 17.6. The minimum absolute atomic E-state index is 0.0959. The van der Waals surface area contributed by atoms with Gasteiger partial charge >= 0.3 is 6.03 Å². The van der Waals surface area contributed by atoms with E-state index in [1.807, 2.05) is 0 Å². The Hall–Kier alpha value is -3.55. The van der Waals surface area contributed by atoms with Crippen LogP contribution in [0.5, 0.6) is 0 Å². The number of nitro groups is 1. The number of furan rings is 2. The summed E-state index contributed by atoms with van der Waals surface area (Å²) in [4.78, 5) is 24.4. The summed E-state index contributed by atoms with van der Waals surface area (Å²) in [6.45, 7) is 0.461. The molecule has 2 heterocycles. The van der Waals surface area contributed by atoms with E-state index >= 15 is 0 Å². The summed E-state index contributed by atoms with van der Waals surface area (Å²) >= 11 is 0. The molecule has 3 aromatic rings. The Morgan fingerprint density at radius 1 is 1.04 bits per heavy atom. The Morgan fingerprint density at radius 2 is 1.68 bits per heavy atom. The van der Waals surface area contributed by atoms with Gasteiger partial charge in [-0.05, 0) is 30.3 Å². The molecule has 25 heavy (non-hydrogen) atoms. The van der Waals surface area contributed by atoms with Crippen LogP contribution in [0.15, 0.2) is 69.9 Å². The van der Waals surface area contributed by atoms with Gasteiger partial charge in [0.1, 0.15) is 11.5 Å². The van der Waals surface area contributed by atoms with Crippen LogP contribution in [-0.4, -0.2) is 15.9 Å². The number of carbonyl (C=O) groups excluding carboxylic acids is 1. The first-order chi connectivity index (χ1) is 12.1. The number of nitro benzene ring substituents is 1. The maximum absolute atomic E-state index is 12.6. The monoisotopic (exact) mass is 341 g/mol. The number of anilines is 1. The summed E-state index contributed by atoms with van der Waals surface area (Å²) in [5, 5.41) is 13.5. The van der Waals surface area contributed by atoms with Gasteiger partial charge in [-0.15, -0.1) is 0 Å². The predicted molar refractivity (Wildman–Crippen MR) is 88.8 cm³/mol. The molecule has 0 atom stereocenters. The smallest absolute Gasteiger partial charge is 0.322 e. The van der Waals surface area contributed by atoms with Crippen molar-refractivity contribution < 1.29 is 18.6 Å². The molecule has 0 saturated carbocycles. The van der Waals surface area contributed by atoms with Crippen LogP contribution in [0, 0.1) is 10.1 Å². The van der Waals surface area contributed by atoms with Crippen molar-refractivity contribution in [3.8, 4) is 0 Å². The molecule has 2 aromatic heterocycles. The van der Waals surface area contributed by atoms with Gasteiger partial charge in [0.2, 0.25) is 0 Å². The van der Waals surface area contributed by atoms with Gasteiger partial charge in [-0.1, -0.05) is 6.07 Å². The number of nitrogens with one attached hydrogen (secondary N) is 1. The highest BCUT2D eigenvalue weighted by atomic mass is 16.6. The standard InChI is InChI=1S/C17H15N3O5/c21-17(18-13-4-1-5-14(10-13)20(22)23)19(11-15-6-2-8-24-15)12-16-7-3-9-25-16/h1-10H,11-12H2,(H,18,21). The van der Waals surface area contributed by atoms with Crippen LogP contribution >= 0.6 is 0 Å². The Bertz CT molecular complexity index is 807. The molecule has 0 saturated heterocycles. The van der Waals surface area contributed by atoms with Crippen LogP contribution in [0.1, 0.15) is 11.5 Å². The topological polar surface area (TPSA) is 102 Å². The van der Waals surface area contributed by atoms with Crippen molar-refractivity contribution in [2.75, 3.05) is 5.32 Å². The summed E-state index contributed by atoms with van der Waals surface area (Å²) in [6, 6.07) is 12.3. The molecule has 0 fully saturated rings. The number of hydrogen-bond donors (Lipinski definition) is 1. The fourth-order valence-electron chi connectivity index (χ4n) is 2.28. The third-order valence-corrected chi connectivity index (χ3v) is 3.45. The van der Waals surface area contributed by atoms with Gasteiger partial charge in [-0.2, -0.15) is 0 Å². The molecular formula is C17H15N3O5. The number of urea groups is 1. The highest BCUT2D eigenvalue weighted by Gasteiger charge is 2.18. The molecule has 1 N–H and O–H groups in total. The molecule has 8 heteroatoms. The van der Waals surface area contributed by atoms with Crippen LogP contribution in [0.25, 0.3) is 0 Å². The van der Waals surface area contributed by atoms with Gasteiger partial charge in [0.15, 0.2) is 0 Å². The molecule has 0 bridgehead atoms. The fraction of sp³-hybridized carbons (Fsp3) is 0.118. The predicted octanol–water partition coefficient (Wildman–Crippen LogP) is 4.02. The van der Waals surface area contributed by atoms with Gasteiger partial charge in [0, 0.05) is 17.8 Å². The number of hydrogen-bond acceptors (Lipinski definition) is 5. The molecule has 8 nitrogen and oxygen atoms in total. The highest BCUT2D eigenvalue weighted by Crippen LogP contribution is 2.19. The van der Waals surface area contributed by atoms with E-state index in [0.717, 1.165) is 0 Å². The summed E-state index contributed by atoms with van der Waals surface area (Å²) < 4.78 is 10.6. The Labute approximate surface area is 142 Å². The van der Waals surface area contributed by atoms with Crippen molar-refractivity contribution in [2.24, 2.45) is 0 Å². The normalized spacial score (nSPS) is 10.4. The number of rotatable bonds is 6. The molecule has 0 radical (unpaired) electrons. The maximum Gasteiger partial charge on any atom is 0.322 e. The van der Waals surface area contributed by atoms with Gasteiger partial charge in [-0.25, -0.2) is 4.79 Å². The van der Waals surface area contributed by atoms with E-state index in [4.69, 9.17) is 8.83 Å². The zero-order valence-electron chi connectivity index (χ0n) is 13.1. The maximum atomic E-state index is 12.6.